The minimum atomic E-state index is -0.625. The number of carbonyl (C=O) groups is 1. The number of benzene rings is 2. The Labute approximate surface area is 121 Å². The molecule has 2 aromatic rings. The van der Waals surface area contributed by atoms with Crippen molar-refractivity contribution in [3.05, 3.63) is 65.2 Å². The van der Waals surface area contributed by atoms with Gasteiger partial charge < -0.3 is 11.1 Å². The lowest BCUT2D eigenvalue weighted by atomic mass is 10.1. The lowest BCUT2D eigenvalue weighted by Crippen LogP contribution is -2.20. The van der Waals surface area contributed by atoms with Crippen molar-refractivity contribution in [3.8, 4) is 0 Å². The minimum absolute atomic E-state index is 0.176. The average Bonchev–Trinajstić information content (AvgIpc) is 2.43. The number of anilines is 1. The van der Waals surface area contributed by atoms with Crippen LogP contribution in [0.4, 0.5) is 14.5 Å². The fourth-order valence-electron chi connectivity index (χ4n) is 2.10. The van der Waals surface area contributed by atoms with E-state index in [0.717, 1.165) is 0 Å². The number of primary amides is 1. The first-order valence-corrected chi connectivity index (χ1v) is 6.56. The highest BCUT2D eigenvalue weighted by Gasteiger charge is 2.11. The molecule has 5 heteroatoms. The SMILES string of the molecule is CC(Cc1ccccc1F)Nc1cc(C(N)=O)ccc1F. The van der Waals surface area contributed by atoms with Crippen molar-refractivity contribution in [2.75, 3.05) is 5.32 Å². The molecule has 0 aromatic heterocycles. The molecule has 0 radical (unpaired) electrons. The molecule has 0 bridgehead atoms. The molecular formula is C16H16F2N2O. The highest BCUT2D eigenvalue weighted by Crippen LogP contribution is 2.18. The van der Waals surface area contributed by atoms with Crippen LogP contribution >= 0.6 is 0 Å². The Morgan fingerprint density at radius 2 is 1.90 bits per heavy atom. The van der Waals surface area contributed by atoms with Crippen LogP contribution < -0.4 is 11.1 Å². The van der Waals surface area contributed by atoms with Crippen molar-refractivity contribution >= 4 is 11.6 Å². The normalized spacial score (nSPS) is 12.0. The van der Waals surface area contributed by atoms with Crippen LogP contribution in [0.25, 0.3) is 0 Å². The quantitative estimate of drug-likeness (QED) is 0.889. The molecule has 1 unspecified atom stereocenters. The van der Waals surface area contributed by atoms with Crippen LogP contribution in [-0.4, -0.2) is 11.9 Å². The Balaban J connectivity index is 2.12. The smallest absolute Gasteiger partial charge is 0.248 e. The van der Waals surface area contributed by atoms with E-state index in [4.69, 9.17) is 5.73 Å². The summed E-state index contributed by atoms with van der Waals surface area (Å²) in [6, 6.07) is 10.1. The number of halogens is 2. The molecule has 1 atom stereocenters. The summed E-state index contributed by atoms with van der Waals surface area (Å²) >= 11 is 0. The maximum atomic E-state index is 13.7. The molecule has 3 N–H and O–H groups in total. The number of nitrogens with one attached hydrogen (secondary N) is 1. The molecule has 2 rings (SSSR count). The predicted molar refractivity (Wildman–Crippen MR) is 78.1 cm³/mol. The van der Waals surface area contributed by atoms with Gasteiger partial charge in [-0.3, -0.25) is 4.79 Å². The van der Waals surface area contributed by atoms with E-state index in [0.29, 0.717) is 12.0 Å². The zero-order valence-electron chi connectivity index (χ0n) is 11.6. The van der Waals surface area contributed by atoms with E-state index in [1.54, 1.807) is 18.2 Å². The maximum Gasteiger partial charge on any atom is 0.248 e. The molecule has 0 heterocycles. The fourth-order valence-corrected chi connectivity index (χ4v) is 2.10. The van der Waals surface area contributed by atoms with Crippen molar-refractivity contribution in [1.29, 1.82) is 0 Å². The van der Waals surface area contributed by atoms with Crippen LogP contribution in [0.1, 0.15) is 22.8 Å². The second kappa shape index (κ2) is 6.35. The molecule has 0 aliphatic carbocycles. The average molecular weight is 290 g/mol. The third kappa shape index (κ3) is 3.78. The van der Waals surface area contributed by atoms with Crippen molar-refractivity contribution in [2.45, 2.75) is 19.4 Å². The summed E-state index contributed by atoms with van der Waals surface area (Å²) in [7, 11) is 0. The highest BCUT2D eigenvalue weighted by molar-refractivity contribution is 5.93. The van der Waals surface area contributed by atoms with E-state index in [2.05, 4.69) is 5.32 Å². The summed E-state index contributed by atoms with van der Waals surface area (Å²) in [6.45, 7) is 1.81. The molecule has 0 saturated carbocycles. The third-order valence-corrected chi connectivity index (χ3v) is 3.14. The Morgan fingerprint density at radius 3 is 2.57 bits per heavy atom. The van der Waals surface area contributed by atoms with Gasteiger partial charge in [0.15, 0.2) is 0 Å². The van der Waals surface area contributed by atoms with Crippen LogP contribution in [0.5, 0.6) is 0 Å². The first kappa shape index (κ1) is 15.0. The monoisotopic (exact) mass is 290 g/mol. The van der Waals surface area contributed by atoms with Gasteiger partial charge in [0, 0.05) is 11.6 Å². The highest BCUT2D eigenvalue weighted by atomic mass is 19.1. The molecule has 0 spiro atoms. The topological polar surface area (TPSA) is 55.1 Å². The number of amides is 1. The zero-order chi connectivity index (χ0) is 15.4. The van der Waals surface area contributed by atoms with Gasteiger partial charge in [-0.15, -0.1) is 0 Å². The van der Waals surface area contributed by atoms with E-state index in [-0.39, 0.29) is 23.1 Å². The largest absolute Gasteiger partial charge is 0.380 e. The fraction of sp³-hybridized carbons (Fsp3) is 0.188. The summed E-state index contributed by atoms with van der Waals surface area (Å²) in [6.07, 6.45) is 0.396. The second-order valence-corrected chi connectivity index (χ2v) is 4.90. The van der Waals surface area contributed by atoms with Crippen LogP contribution in [0.3, 0.4) is 0 Å². The van der Waals surface area contributed by atoms with E-state index >= 15 is 0 Å². The Morgan fingerprint density at radius 1 is 1.19 bits per heavy atom. The molecule has 0 aliphatic heterocycles. The van der Waals surface area contributed by atoms with Gasteiger partial charge in [-0.05, 0) is 43.2 Å². The maximum absolute atomic E-state index is 13.7. The molecule has 21 heavy (non-hydrogen) atoms. The molecular weight excluding hydrogens is 274 g/mol. The summed E-state index contributed by atoms with van der Waals surface area (Å²) in [5, 5.41) is 2.93. The molecule has 0 saturated heterocycles. The van der Waals surface area contributed by atoms with Gasteiger partial charge in [-0.2, -0.15) is 0 Å². The lowest BCUT2D eigenvalue weighted by Gasteiger charge is -2.16. The molecule has 3 nitrogen and oxygen atoms in total. The number of rotatable bonds is 5. The van der Waals surface area contributed by atoms with Gasteiger partial charge >= 0.3 is 0 Å². The number of carbonyl (C=O) groups excluding carboxylic acids is 1. The van der Waals surface area contributed by atoms with E-state index < -0.39 is 11.7 Å². The molecule has 0 fully saturated rings. The standard InChI is InChI=1S/C16H16F2N2O/c1-10(8-11-4-2-3-5-13(11)17)20-15-9-12(16(19)21)6-7-14(15)18/h2-7,9-10,20H,8H2,1H3,(H2,19,21). The number of nitrogens with two attached hydrogens (primary N) is 1. The molecule has 0 aliphatic rings. The van der Waals surface area contributed by atoms with E-state index in [9.17, 15) is 13.6 Å². The summed E-state index contributed by atoms with van der Waals surface area (Å²) in [5.74, 6) is -1.40. The van der Waals surface area contributed by atoms with Crippen molar-refractivity contribution < 1.29 is 13.6 Å². The van der Waals surface area contributed by atoms with Gasteiger partial charge in [0.2, 0.25) is 5.91 Å². The number of hydrogen-bond donors (Lipinski definition) is 2. The van der Waals surface area contributed by atoms with Crippen molar-refractivity contribution in [3.63, 3.8) is 0 Å². The van der Waals surface area contributed by atoms with E-state index in [1.807, 2.05) is 6.92 Å². The van der Waals surface area contributed by atoms with Crippen molar-refractivity contribution in [2.24, 2.45) is 5.73 Å². The number of hydrogen-bond acceptors (Lipinski definition) is 2. The van der Waals surface area contributed by atoms with Gasteiger partial charge in [0.05, 0.1) is 5.69 Å². The van der Waals surface area contributed by atoms with Gasteiger partial charge in [-0.25, -0.2) is 8.78 Å². The van der Waals surface area contributed by atoms with Gasteiger partial charge in [0.1, 0.15) is 11.6 Å². The van der Waals surface area contributed by atoms with Crippen molar-refractivity contribution in [1.82, 2.24) is 0 Å². The van der Waals surface area contributed by atoms with Crippen LogP contribution in [-0.2, 0) is 6.42 Å². The lowest BCUT2D eigenvalue weighted by molar-refractivity contribution is 0.100. The zero-order valence-corrected chi connectivity index (χ0v) is 11.6. The van der Waals surface area contributed by atoms with E-state index in [1.165, 1.54) is 24.3 Å². The molecule has 110 valence electrons. The van der Waals surface area contributed by atoms with Gasteiger partial charge in [-0.1, -0.05) is 18.2 Å². The second-order valence-electron chi connectivity index (χ2n) is 4.90. The first-order chi connectivity index (χ1) is 9.97. The van der Waals surface area contributed by atoms with Crippen LogP contribution in [0, 0.1) is 11.6 Å². The van der Waals surface area contributed by atoms with Crippen LogP contribution in [0.2, 0.25) is 0 Å². The third-order valence-electron chi connectivity index (χ3n) is 3.14. The summed E-state index contributed by atoms with van der Waals surface area (Å²) < 4.78 is 27.3. The van der Waals surface area contributed by atoms with Gasteiger partial charge in [0.25, 0.3) is 0 Å². The van der Waals surface area contributed by atoms with Crippen LogP contribution in [0.15, 0.2) is 42.5 Å². The minimum Gasteiger partial charge on any atom is -0.380 e. The molecule has 2 aromatic carbocycles. The molecule has 1 amide bonds. The summed E-state index contributed by atoms with van der Waals surface area (Å²) in [5.41, 5.74) is 6.11. The Bertz CT molecular complexity index is 658. The Hall–Kier alpha value is -2.43. The Kier molecular flexibility index (Phi) is 4.52. The predicted octanol–water partition coefficient (Wildman–Crippen LogP) is 3.11. The first-order valence-electron chi connectivity index (χ1n) is 6.56. The summed E-state index contributed by atoms with van der Waals surface area (Å²) in [4.78, 5) is 11.1.